The predicted molar refractivity (Wildman–Crippen MR) is 86.2 cm³/mol. The summed E-state index contributed by atoms with van der Waals surface area (Å²) in [4.78, 5) is 17.2. The summed E-state index contributed by atoms with van der Waals surface area (Å²) in [5, 5.41) is 4.23. The first-order valence-electron chi connectivity index (χ1n) is 7.39. The van der Waals surface area contributed by atoms with Gasteiger partial charge >= 0.3 is 5.97 Å². The van der Waals surface area contributed by atoms with Gasteiger partial charge in [0.25, 0.3) is 0 Å². The van der Waals surface area contributed by atoms with Crippen LogP contribution in [0.3, 0.4) is 0 Å². The van der Waals surface area contributed by atoms with E-state index in [-0.39, 0.29) is 16.8 Å². The number of hydrogen-bond acceptors (Lipinski definition) is 3. The van der Waals surface area contributed by atoms with Crippen LogP contribution in [0.5, 0.6) is 0 Å². The van der Waals surface area contributed by atoms with Gasteiger partial charge in [-0.25, -0.2) is 4.79 Å². The SMILES string of the molecule is CC1(C)[C@H]2CC[C@@]1(C)/C(=N/OC(=O)c1ccc(Br)cc1)C2. The van der Waals surface area contributed by atoms with Crippen LogP contribution in [0.25, 0.3) is 0 Å². The number of rotatable bonds is 2. The van der Waals surface area contributed by atoms with Gasteiger partial charge in [0.2, 0.25) is 0 Å². The standard InChI is InChI=1S/C17H20BrNO2/c1-16(2)12-8-9-17(16,3)14(10-12)19-21-15(20)11-4-6-13(18)7-5-11/h4-7,12H,8-10H2,1-3H3/b19-14+/t12-,17-/m0/s1. The van der Waals surface area contributed by atoms with Crippen LogP contribution in [0, 0.1) is 16.7 Å². The molecule has 2 bridgehead atoms. The predicted octanol–water partition coefficient (Wildman–Crippen LogP) is 4.81. The molecule has 2 fully saturated rings. The lowest BCUT2D eigenvalue weighted by Gasteiger charge is -2.34. The molecule has 4 heteroatoms. The first-order chi connectivity index (χ1) is 9.84. The molecule has 1 aromatic carbocycles. The number of carbonyl (C=O) groups is 1. The Kier molecular flexibility index (Phi) is 3.47. The Balaban J connectivity index is 1.76. The molecule has 2 aliphatic carbocycles. The molecular weight excluding hydrogens is 330 g/mol. The van der Waals surface area contributed by atoms with Crippen molar-refractivity contribution in [2.75, 3.05) is 0 Å². The van der Waals surface area contributed by atoms with E-state index in [2.05, 4.69) is 41.9 Å². The lowest BCUT2D eigenvalue weighted by Crippen LogP contribution is -2.32. The maximum absolute atomic E-state index is 12.0. The van der Waals surface area contributed by atoms with E-state index in [1.807, 2.05) is 12.1 Å². The van der Waals surface area contributed by atoms with Crippen molar-refractivity contribution in [1.29, 1.82) is 0 Å². The Morgan fingerprint density at radius 3 is 2.48 bits per heavy atom. The van der Waals surface area contributed by atoms with Gasteiger partial charge in [-0.15, -0.1) is 0 Å². The lowest BCUT2D eigenvalue weighted by molar-refractivity contribution is 0.0508. The van der Waals surface area contributed by atoms with Crippen LogP contribution >= 0.6 is 15.9 Å². The molecule has 3 nitrogen and oxygen atoms in total. The molecule has 0 unspecified atom stereocenters. The molecule has 0 saturated heterocycles. The van der Waals surface area contributed by atoms with Gasteiger partial charge in [0.05, 0.1) is 11.3 Å². The van der Waals surface area contributed by atoms with Gasteiger partial charge in [-0.1, -0.05) is 41.9 Å². The van der Waals surface area contributed by atoms with Gasteiger partial charge in [0.15, 0.2) is 0 Å². The number of fused-ring (bicyclic) bond motifs is 2. The fraction of sp³-hybridized carbons (Fsp3) is 0.529. The molecule has 0 N–H and O–H groups in total. The Hall–Kier alpha value is -1.16. The number of hydrogen-bond donors (Lipinski definition) is 0. The van der Waals surface area contributed by atoms with E-state index in [0.29, 0.717) is 11.5 Å². The van der Waals surface area contributed by atoms with Crippen molar-refractivity contribution in [3.8, 4) is 0 Å². The maximum atomic E-state index is 12.0. The molecule has 0 amide bonds. The third-order valence-electron chi connectivity index (χ3n) is 5.83. The average molecular weight is 350 g/mol. The summed E-state index contributed by atoms with van der Waals surface area (Å²) < 4.78 is 0.938. The van der Waals surface area contributed by atoms with Crippen molar-refractivity contribution in [3.05, 3.63) is 34.3 Å². The van der Waals surface area contributed by atoms with Gasteiger partial charge in [-0.2, -0.15) is 0 Å². The molecular formula is C17H20BrNO2. The van der Waals surface area contributed by atoms with Crippen molar-refractivity contribution in [2.45, 2.75) is 40.0 Å². The normalized spacial score (nSPS) is 31.6. The summed E-state index contributed by atoms with van der Waals surface area (Å²) in [6.07, 6.45) is 3.35. The zero-order chi connectivity index (χ0) is 15.3. The van der Waals surface area contributed by atoms with E-state index < -0.39 is 0 Å². The summed E-state index contributed by atoms with van der Waals surface area (Å²) in [6, 6.07) is 7.12. The van der Waals surface area contributed by atoms with E-state index in [4.69, 9.17) is 4.84 Å². The van der Waals surface area contributed by atoms with E-state index >= 15 is 0 Å². The molecule has 2 saturated carbocycles. The number of nitrogens with zero attached hydrogens (tertiary/aromatic N) is 1. The Morgan fingerprint density at radius 1 is 1.29 bits per heavy atom. The molecule has 0 spiro atoms. The van der Waals surface area contributed by atoms with Gasteiger partial charge in [-0.05, 0) is 54.9 Å². The lowest BCUT2D eigenvalue weighted by atomic mass is 9.70. The highest BCUT2D eigenvalue weighted by molar-refractivity contribution is 9.10. The molecule has 0 radical (unpaired) electrons. The number of carbonyl (C=O) groups excluding carboxylic acids is 1. The zero-order valence-corrected chi connectivity index (χ0v) is 14.2. The van der Waals surface area contributed by atoms with E-state index in [0.717, 1.165) is 23.0 Å². The molecule has 0 aromatic heterocycles. The topological polar surface area (TPSA) is 38.7 Å². The van der Waals surface area contributed by atoms with E-state index in [1.54, 1.807) is 12.1 Å². The van der Waals surface area contributed by atoms with Gasteiger partial charge in [0.1, 0.15) is 0 Å². The van der Waals surface area contributed by atoms with Crippen LogP contribution in [0.4, 0.5) is 0 Å². The highest BCUT2D eigenvalue weighted by Gasteiger charge is 2.60. The van der Waals surface area contributed by atoms with Crippen LogP contribution in [0.1, 0.15) is 50.4 Å². The second kappa shape index (κ2) is 4.94. The zero-order valence-electron chi connectivity index (χ0n) is 12.6. The number of halogens is 1. The molecule has 0 heterocycles. The van der Waals surface area contributed by atoms with Crippen molar-refractivity contribution in [3.63, 3.8) is 0 Å². The number of oxime groups is 1. The maximum Gasteiger partial charge on any atom is 0.365 e. The van der Waals surface area contributed by atoms with Crippen LogP contribution in [0.15, 0.2) is 33.9 Å². The summed E-state index contributed by atoms with van der Waals surface area (Å²) in [5.41, 5.74) is 1.89. The molecule has 21 heavy (non-hydrogen) atoms. The average Bonchev–Trinajstić information content (AvgIpc) is 2.78. The van der Waals surface area contributed by atoms with Crippen LogP contribution in [0.2, 0.25) is 0 Å². The minimum Gasteiger partial charge on any atom is -0.313 e. The second-order valence-corrected chi connectivity index (χ2v) is 7.83. The summed E-state index contributed by atoms with van der Waals surface area (Å²) in [6.45, 7) is 6.87. The van der Waals surface area contributed by atoms with Crippen LogP contribution < -0.4 is 0 Å². The van der Waals surface area contributed by atoms with Gasteiger partial charge in [-0.3, -0.25) is 0 Å². The smallest absolute Gasteiger partial charge is 0.313 e. The Morgan fingerprint density at radius 2 is 1.95 bits per heavy atom. The minimum absolute atomic E-state index is 0.0671. The van der Waals surface area contributed by atoms with Crippen molar-refractivity contribution < 1.29 is 9.63 Å². The van der Waals surface area contributed by atoms with Crippen LogP contribution in [-0.2, 0) is 4.84 Å². The van der Waals surface area contributed by atoms with Crippen LogP contribution in [-0.4, -0.2) is 11.7 Å². The Bertz CT molecular complexity index is 606. The molecule has 2 atom stereocenters. The highest BCUT2D eigenvalue weighted by atomic mass is 79.9. The second-order valence-electron chi connectivity index (χ2n) is 6.92. The summed E-state index contributed by atoms with van der Waals surface area (Å²) in [5.74, 6) is 0.270. The van der Waals surface area contributed by atoms with E-state index in [1.165, 1.54) is 6.42 Å². The van der Waals surface area contributed by atoms with Crippen molar-refractivity contribution in [2.24, 2.45) is 21.9 Å². The van der Waals surface area contributed by atoms with Crippen molar-refractivity contribution >= 4 is 27.6 Å². The highest BCUT2D eigenvalue weighted by Crippen LogP contribution is 2.63. The third-order valence-corrected chi connectivity index (χ3v) is 6.36. The van der Waals surface area contributed by atoms with Gasteiger partial charge in [0, 0.05) is 9.89 Å². The van der Waals surface area contributed by atoms with Crippen molar-refractivity contribution in [1.82, 2.24) is 0 Å². The largest absolute Gasteiger partial charge is 0.365 e. The molecule has 1 aromatic rings. The Labute approximate surface area is 133 Å². The van der Waals surface area contributed by atoms with E-state index in [9.17, 15) is 4.79 Å². The molecule has 3 rings (SSSR count). The quantitative estimate of drug-likeness (QED) is 0.567. The minimum atomic E-state index is -0.390. The third kappa shape index (κ3) is 2.24. The van der Waals surface area contributed by atoms with Gasteiger partial charge < -0.3 is 4.84 Å². The first kappa shape index (κ1) is 14.8. The fourth-order valence-corrected chi connectivity index (χ4v) is 4.07. The molecule has 0 aliphatic heterocycles. The first-order valence-corrected chi connectivity index (χ1v) is 8.18. The molecule has 2 aliphatic rings. The monoisotopic (exact) mass is 349 g/mol. The summed E-state index contributed by atoms with van der Waals surface area (Å²) >= 11 is 3.35. The number of benzene rings is 1. The summed E-state index contributed by atoms with van der Waals surface area (Å²) in [7, 11) is 0. The fourth-order valence-electron chi connectivity index (χ4n) is 3.80. The molecule has 112 valence electrons.